The van der Waals surface area contributed by atoms with Gasteiger partial charge in [-0.1, -0.05) is 25.4 Å². The molecule has 5 nitrogen and oxygen atoms in total. The molecular weight excluding hydrogens is 290 g/mol. The molecular formula is C15H20ClN3O2. The van der Waals surface area contributed by atoms with Gasteiger partial charge in [0.2, 0.25) is 11.8 Å². The van der Waals surface area contributed by atoms with E-state index in [1.54, 1.807) is 12.1 Å². The maximum atomic E-state index is 12.2. The average molecular weight is 310 g/mol. The maximum Gasteiger partial charge on any atom is 0.230 e. The van der Waals surface area contributed by atoms with Gasteiger partial charge in [-0.15, -0.1) is 0 Å². The minimum absolute atomic E-state index is 0.131. The number of nitrogens with zero attached hydrogens (tertiary/aromatic N) is 2. The first-order valence-corrected chi connectivity index (χ1v) is 7.42. The van der Waals surface area contributed by atoms with Gasteiger partial charge in [0.15, 0.2) is 0 Å². The van der Waals surface area contributed by atoms with Crippen LogP contribution >= 0.6 is 11.6 Å². The number of hydrogen-bond acceptors (Lipinski definition) is 4. The van der Waals surface area contributed by atoms with E-state index in [9.17, 15) is 9.59 Å². The van der Waals surface area contributed by atoms with E-state index in [-0.39, 0.29) is 23.8 Å². The molecule has 0 atom stereocenters. The summed E-state index contributed by atoms with van der Waals surface area (Å²) in [4.78, 5) is 30.0. The predicted molar refractivity (Wildman–Crippen MR) is 82.0 cm³/mol. The van der Waals surface area contributed by atoms with Crippen LogP contribution in [-0.2, 0) is 16.1 Å². The quantitative estimate of drug-likeness (QED) is 0.869. The average Bonchev–Trinajstić information content (AvgIpc) is 2.36. The van der Waals surface area contributed by atoms with Gasteiger partial charge < -0.3 is 5.32 Å². The monoisotopic (exact) mass is 309 g/mol. The Labute approximate surface area is 129 Å². The molecule has 1 aliphatic heterocycles. The highest BCUT2D eigenvalue weighted by molar-refractivity contribution is 6.31. The number of imide groups is 1. The zero-order chi connectivity index (χ0) is 15.6. The van der Waals surface area contributed by atoms with Crippen LogP contribution in [0.25, 0.3) is 0 Å². The molecule has 114 valence electrons. The normalized spacial score (nSPS) is 18.0. The Balaban J connectivity index is 2.19. The third-order valence-electron chi connectivity index (χ3n) is 3.45. The number of hydrogen-bond donors (Lipinski definition) is 1. The number of pyridine rings is 1. The van der Waals surface area contributed by atoms with Gasteiger partial charge in [-0.25, -0.2) is 4.98 Å². The van der Waals surface area contributed by atoms with E-state index < -0.39 is 0 Å². The van der Waals surface area contributed by atoms with E-state index >= 15 is 0 Å². The number of amides is 2. The number of halogens is 1. The van der Waals surface area contributed by atoms with Crippen molar-refractivity contribution < 1.29 is 9.59 Å². The molecule has 1 N–H and O–H groups in total. The molecule has 1 aliphatic rings. The summed E-state index contributed by atoms with van der Waals surface area (Å²) < 4.78 is 0. The lowest BCUT2D eigenvalue weighted by Gasteiger charge is -2.34. The molecule has 0 spiro atoms. The lowest BCUT2D eigenvalue weighted by molar-refractivity contribution is -0.153. The van der Waals surface area contributed by atoms with Crippen LogP contribution in [0.5, 0.6) is 0 Å². The maximum absolute atomic E-state index is 12.2. The molecule has 0 aromatic carbocycles. The number of piperidine rings is 1. The number of carbonyl (C=O) groups is 2. The number of nitrogens with one attached hydrogen (secondary N) is 1. The number of aromatic nitrogens is 1. The Bertz CT molecular complexity index is 552. The molecule has 2 amide bonds. The number of likely N-dealkylation sites (tertiary alicyclic amines) is 1. The molecule has 0 bridgehead atoms. The second-order valence-electron chi connectivity index (χ2n) is 6.05. The van der Waals surface area contributed by atoms with E-state index in [2.05, 4.69) is 10.3 Å². The molecule has 0 aliphatic carbocycles. The van der Waals surface area contributed by atoms with Gasteiger partial charge in [0.1, 0.15) is 5.82 Å². The molecule has 21 heavy (non-hydrogen) atoms. The molecule has 2 rings (SSSR count). The highest BCUT2D eigenvalue weighted by Crippen LogP contribution is 2.32. The first-order valence-electron chi connectivity index (χ1n) is 7.05. The van der Waals surface area contributed by atoms with Crippen LogP contribution in [0.4, 0.5) is 5.82 Å². The fourth-order valence-corrected chi connectivity index (χ4v) is 2.58. The van der Waals surface area contributed by atoms with Crippen LogP contribution in [0.15, 0.2) is 12.1 Å². The fraction of sp³-hybridized carbons (Fsp3) is 0.533. The van der Waals surface area contributed by atoms with E-state index in [0.29, 0.717) is 29.4 Å². The first kappa shape index (κ1) is 15.8. The molecule has 2 heterocycles. The van der Waals surface area contributed by atoms with Crippen LogP contribution < -0.4 is 5.32 Å². The molecule has 0 saturated carbocycles. The van der Waals surface area contributed by atoms with Crippen molar-refractivity contribution in [3.63, 3.8) is 0 Å². The van der Waals surface area contributed by atoms with Gasteiger partial charge in [-0.3, -0.25) is 14.5 Å². The minimum atomic E-state index is -0.270. The lowest BCUT2D eigenvalue weighted by Crippen LogP contribution is -2.45. The van der Waals surface area contributed by atoms with Gasteiger partial charge >= 0.3 is 0 Å². The van der Waals surface area contributed by atoms with Crippen molar-refractivity contribution in [2.45, 2.75) is 40.2 Å². The largest absolute Gasteiger partial charge is 0.370 e. The van der Waals surface area contributed by atoms with Crippen LogP contribution in [0.1, 0.15) is 39.3 Å². The molecule has 6 heteroatoms. The number of anilines is 1. The smallest absolute Gasteiger partial charge is 0.230 e. The standard InChI is InChI=1S/C15H20ClN3O2/c1-4-17-12-6-5-10(16)11(18-12)9-19-13(20)7-15(2,3)8-14(19)21/h5-6H,4,7-9H2,1-3H3,(H,17,18). The lowest BCUT2D eigenvalue weighted by atomic mass is 9.82. The summed E-state index contributed by atoms with van der Waals surface area (Å²) in [6.07, 6.45) is 0.729. The Morgan fingerprint density at radius 3 is 2.48 bits per heavy atom. The van der Waals surface area contributed by atoms with Gasteiger partial charge in [0.05, 0.1) is 17.3 Å². The summed E-state index contributed by atoms with van der Waals surface area (Å²) in [5.74, 6) is 0.361. The third-order valence-corrected chi connectivity index (χ3v) is 3.79. The highest BCUT2D eigenvalue weighted by Gasteiger charge is 2.37. The molecule has 0 radical (unpaired) electrons. The summed E-state index contributed by atoms with van der Waals surface area (Å²) in [6, 6.07) is 3.50. The van der Waals surface area contributed by atoms with Crippen LogP contribution in [0.3, 0.4) is 0 Å². The van der Waals surface area contributed by atoms with Crippen molar-refractivity contribution in [2.24, 2.45) is 5.41 Å². The SMILES string of the molecule is CCNc1ccc(Cl)c(CN2C(=O)CC(C)(C)CC2=O)n1. The van der Waals surface area contributed by atoms with Crippen molar-refractivity contribution >= 4 is 29.2 Å². The minimum Gasteiger partial charge on any atom is -0.370 e. The zero-order valence-corrected chi connectivity index (χ0v) is 13.3. The highest BCUT2D eigenvalue weighted by atomic mass is 35.5. The molecule has 1 saturated heterocycles. The van der Waals surface area contributed by atoms with Crippen LogP contribution in [0.2, 0.25) is 5.02 Å². The topological polar surface area (TPSA) is 62.3 Å². The Morgan fingerprint density at radius 2 is 1.90 bits per heavy atom. The molecule has 1 aromatic rings. The van der Waals surface area contributed by atoms with Gasteiger partial charge in [-0.2, -0.15) is 0 Å². The number of rotatable bonds is 4. The van der Waals surface area contributed by atoms with Crippen molar-refractivity contribution in [1.82, 2.24) is 9.88 Å². The van der Waals surface area contributed by atoms with Crippen molar-refractivity contribution in [2.75, 3.05) is 11.9 Å². The zero-order valence-electron chi connectivity index (χ0n) is 12.6. The van der Waals surface area contributed by atoms with E-state index in [4.69, 9.17) is 11.6 Å². The Morgan fingerprint density at radius 1 is 1.29 bits per heavy atom. The third kappa shape index (κ3) is 3.73. The second kappa shape index (κ2) is 6.02. The van der Waals surface area contributed by atoms with Crippen LogP contribution in [-0.4, -0.2) is 28.2 Å². The van der Waals surface area contributed by atoms with E-state index in [1.807, 2.05) is 20.8 Å². The van der Waals surface area contributed by atoms with Crippen LogP contribution in [0, 0.1) is 5.41 Å². The Kier molecular flexibility index (Phi) is 4.52. The summed E-state index contributed by atoms with van der Waals surface area (Å²) in [6.45, 7) is 6.69. The summed E-state index contributed by atoms with van der Waals surface area (Å²) >= 11 is 6.13. The fourth-order valence-electron chi connectivity index (χ4n) is 2.41. The van der Waals surface area contributed by atoms with E-state index in [0.717, 1.165) is 6.54 Å². The summed E-state index contributed by atoms with van der Waals surface area (Å²) in [5.41, 5.74) is 0.268. The number of carbonyl (C=O) groups excluding carboxylic acids is 2. The van der Waals surface area contributed by atoms with Gasteiger partial charge in [-0.05, 0) is 24.5 Å². The second-order valence-corrected chi connectivity index (χ2v) is 6.45. The molecule has 1 fully saturated rings. The summed E-state index contributed by atoms with van der Waals surface area (Å²) in [5, 5.41) is 3.55. The molecule has 0 unspecified atom stereocenters. The van der Waals surface area contributed by atoms with Gasteiger partial charge in [0.25, 0.3) is 0 Å². The predicted octanol–water partition coefficient (Wildman–Crippen LogP) is 2.84. The van der Waals surface area contributed by atoms with Crippen molar-refractivity contribution in [3.05, 3.63) is 22.8 Å². The van der Waals surface area contributed by atoms with E-state index in [1.165, 1.54) is 4.90 Å². The first-order chi connectivity index (χ1) is 9.82. The molecule has 1 aromatic heterocycles. The van der Waals surface area contributed by atoms with Gasteiger partial charge in [0, 0.05) is 19.4 Å². The Hall–Kier alpha value is -1.62. The van der Waals surface area contributed by atoms with Crippen molar-refractivity contribution in [1.29, 1.82) is 0 Å². The summed E-state index contributed by atoms with van der Waals surface area (Å²) in [7, 11) is 0. The van der Waals surface area contributed by atoms with Crippen molar-refractivity contribution in [3.8, 4) is 0 Å².